The molecule has 2 heterocycles. The van der Waals surface area contributed by atoms with Crippen LogP contribution in [0.15, 0.2) is 78.4 Å². The minimum absolute atomic E-state index is 0.0435. The number of hydrogen-bond acceptors (Lipinski definition) is 6. The lowest BCUT2D eigenvalue weighted by Gasteiger charge is -2.31. The molecule has 0 unspecified atom stereocenters. The summed E-state index contributed by atoms with van der Waals surface area (Å²) in [5, 5.41) is 11.7. The van der Waals surface area contributed by atoms with Crippen molar-refractivity contribution >= 4 is 17.4 Å². The van der Waals surface area contributed by atoms with Gasteiger partial charge >= 0.3 is 0 Å². The van der Waals surface area contributed by atoms with Gasteiger partial charge < -0.3 is 19.5 Å². The van der Waals surface area contributed by atoms with Gasteiger partial charge in [0.05, 0.1) is 24.8 Å². The topological polar surface area (TPSA) is 79.3 Å². The summed E-state index contributed by atoms with van der Waals surface area (Å²) in [5.41, 5.74) is 4.33. The highest BCUT2D eigenvalue weighted by Crippen LogP contribution is 2.40. The number of nitrogens with zero attached hydrogens (tertiary/aromatic N) is 2. The molecule has 0 aromatic heterocycles. The molecule has 2 saturated heterocycles. The highest BCUT2D eigenvalue weighted by molar-refractivity contribution is 6.46. The number of ketones is 1. The van der Waals surface area contributed by atoms with Crippen molar-refractivity contribution in [3.8, 4) is 5.75 Å². The zero-order chi connectivity index (χ0) is 29.9. The van der Waals surface area contributed by atoms with E-state index in [1.807, 2.05) is 67.6 Å². The third kappa shape index (κ3) is 6.42. The van der Waals surface area contributed by atoms with Crippen LogP contribution in [0.1, 0.15) is 54.6 Å². The number of carbonyl (C=O) groups excluding carboxylic acids is 2. The molecule has 5 rings (SSSR count). The van der Waals surface area contributed by atoms with Crippen molar-refractivity contribution in [1.82, 2.24) is 9.80 Å². The first-order valence-corrected chi connectivity index (χ1v) is 14.6. The average molecular weight is 569 g/mol. The van der Waals surface area contributed by atoms with Crippen LogP contribution in [-0.2, 0) is 26.3 Å². The molecule has 0 radical (unpaired) electrons. The van der Waals surface area contributed by atoms with Gasteiger partial charge in [-0.25, -0.2) is 0 Å². The van der Waals surface area contributed by atoms with Crippen LogP contribution in [0.5, 0.6) is 5.75 Å². The summed E-state index contributed by atoms with van der Waals surface area (Å²) >= 11 is 0. The number of rotatable bonds is 8. The molecule has 42 heavy (non-hydrogen) atoms. The molecule has 0 spiro atoms. The highest BCUT2D eigenvalue weighted by atomic mass is 16.5. The Bertz CT molecular complexity index is 1450. The Hall–Kier alpha value is -3.94. The number of Topliss-reactive ketones (excluding diaryl/α,β-unsaturated/α-hetero) is 1. The smallest absolute Gasteiger partial charge is 0.295 e. The third-order valence-electron chi connectivity index (χ3n) is 8.09. The quantitative estimate of drug-likeness (QED) is 0.216. The van der Waals surface area contributed by atoms with Crippen molar-refractivity contribution < 1.29 is 24.2 Å². The Labute approximate surface area is 248 Å². The minimum atomic E-state index is -0.687. The predicted molar refractivity (Wildman–Crippen MR) is 163 cm³/mol. The largest absolute Gasteiger partial charge is 0.507 e. The molecular weight excluding hydrogens is 528 g/mol. The number of morpholine rings is 1. The molecule has 3 aromatic carbocycles. The maximum absolute atomic E-state index is 13.6. The van der Waals surface area contributed by atoms with Crippen molar-refractivity contribution in [2.45, 2.75) is 45.8 Å². The second-order valence-corrected chi connectivity index (χ2v) is 12.1. The van der Waals surface area contributed by atoms with Gasteiger partial charge in [0.15, 0.2) is 0 Å². The van der Waals surface area contributed by atoms with Gasteiger partial charge in [0.2, 0.25) is 0 Å². The van der Waals surface area contributed by atoms with Crippen LogP contribution in [0, 0.1) is 6.92 Å². The Morgan fingerprint density at radius 3 is 2.29 bits per heavy atom. The lowest BCUT2D eigenvalue weighted by Crippen LogP contribution is -2.42. The summed E-state index contributed by atoms with van der Waals surface area (Å²) in [6, 6.07) is 22.6. The van der Waals surface area contributed by atoms with E-state index in [9.17, 15) is 14.7 Å². The molecule has 1 atom stereocenters. The van der Waals surface area contributed by atoms with Crippen LogP contribution in [0.3, 0.4) is 0 Å². The Morgan fingerprint density at radius 2 is 1.64 bits per heavy atom. The molecule has 220 valence electrons. The number of aryl methyl sites for hydroxylation is 1. The van der Waals surface area contributed by atoms with Gasteiger partial charge in [-0.3, -0.25) is 14.5 Å². The van der Waals surface area contributed by atoms with E-state index < -0.39 is 17.7 Å². The summed E-state index contributed by atoms with van der Waals surface area (Å²) in [4.78, 5) is 30.9. The maximum Gasteiger partial charge on any atom is 0.295 e. The Kier molecular flexibility index (Phi) is 8.80. The van der Waals surface area contributed by atoms with Gasteiger partial charge in [0.25, 0.3) is 11.7 Å². The second kappa shape index (κ2) is 12.5. The molecule has 2 aliphatic heterocycles. The fraction of sp³-hybridized carbons (Fsp3) is 0.371. The van der Waals surface area contributed by atoms with E-state index in [4.69, 9.17) is 9.47 Å². The number of ether oxygens (including phenoxy) is 2. The van der Waals surface area contributed by atoms with Crippen LogP contribution in [0.4, 0.5) is 0 Å². The third-order valence-corrected chi connectivity index (χ3v) is 8.09. The van der Waals surface area contributed by atoms with E-state index in [1.165, 1.54) is 0 Å². The number of aliphatic hydroxyl groups is 1. The first kappa shape index (κ1) is 29.5. The standard InChI is InChI=1S/C35H40N2O5/c1-24-22-28(42-23-25-8-6-5-7-9-25)14-15-29(24)32(38)30-31(26-10-12-27(13-11-26)35(2,3)4)37(34(40)33(30)39)17-16-36-18-20-41-21-19-36/h5-15,22,31,38H,16-21,23H2,1-4H3/b32-30+/t31-/m0/s1. The van der Waals surface area contributed by atoms with Gasteiger partial charge in [-0.05, 0) is 52.8 Å². The summed E-state index contributed by atoms with van der Waals surface area (Å²) in [5.74, 6) is -0.759. The number of carbonyl (C=O) groups is 2. The monoisotopic (exact) mass is 568 g/mol. The summed E-state index contributed by atoms with van der Waals surface area (Å²) < 4.78 is 11.4. The molecule has 7 nitrogen and oxygen atoms in total. The Balaban J connectivity index is 1.48. The molecule has 1 amide bonds. The molecule has 0 saturated carbocycles. The van der Waals surface area contributed by atoms with Crippen LogP contribution < -0.4 is 4.74 Å². The van der Waals surface area contributed by atoms with Crippen LogP contribution in [-0.4, -0.2) is 66.0 Å². The Morgan fingerprint density at radius 1 is 0.952 bits per heavy atom. The lowest BCUT2D eigenvalue weighted by atomic mass is 9.85. The zero-order valence-electron chi connectivity index (χ0n) is 24.9. The zero-order valence-corrected chi connectivity index (χ0v) is 24.9. The summed E-state index contributed by atoms with van der Waals surface area (Å²) in [6.45, 7) is 12.6. The van der Waals surface area contributed by atoms with Gasteiger partial charge in [0.1, 0.15) is 18.1 Å². The number of aliphatic hydroxyl groups excluding tert-OH is 1. The van der Waals surface area contributed by atoms with E-state index in [0.717, 1.165) is 35.3 Å². The maximum atomic E-state index is 13.6. The molecular formula is C35H40N2O5. The van der Waals surface area contributed by atoms with E-state index >= 15 is 0 Å². The van der Waals surface area contributed by atoms with Crippen molar-refractivity contribution in [2.75, 3.05) is 39.4 Å². The molecule has 0 bridgehead atoms. The number of amides is 1. The number of benzene rings is 3. The van der Waals surface area contributed by atoms with Crippen LogP contribution in [0.2, 0.25) is 0 Å². The fourth-order valence-corrected chi connectivity index (χ4v) is 5.57. The molecule has 7 heteroatoms. The van der Waals surface area contributed by atoms with E-state index in [1.54, 1.807) is 17.0 Å². The second-order valence-electron chi connectivity index (χ2n) is 12.1. The molecule has 2 fully saturated rings. The van der Waals surface area contributed by atoms with E-state index in [2.05, 4.69) is 25.7 Å². The fourth-order valence-electron chi connectivity index (χ4n) is 5.57. The lowest BCUT2D eigenvalue weighted by molar-refractivity contribution is -0.140. The van der Waals surface area contributed by atoms with E-state index in [0.29, 0.717) is 44.2 Å². The van der Waals surface area contributed by atoms with Gasteiger partial charge in [-0.1, -0.05) is 75.4 Å². The first-order chi connectivity index (χ1) is 20.1. The molecule has 3 aromatic rings. The SMILES string of the molecule is Cc1cc(OCc2ccccc2)ccc1/C(O)=C1\C(=O)C(=O)N(CCN2CCOCC2)[C@H]1c1ccc(C(C)(C)C)cc1. The van der Waals surface area contributed by atoms with Gasteiger partial charge in [-0.2, -0.15) is 0 Å². The highest BCUT2D eigenvalue weighted by Gasteiger charge is 2.46. The average Bonchev–Trinajstić information content (AvgIpc) is 3.24. The van der Waals surface area contributed by atoms with Crippen molar-refractivity contribution in [3.05, 3.63) is 106 Å². The van der Waals surface area contributed by atoms with E-state index in [-0.39, 0.29) is 16.7 Å². The van der Waals surface area contributed by atoms with Crippen LogP contribution >= 0.6 is 0 Å². The van der Waals surface area contributed by atoms with Crippen molar-refractivity contribution in [2.24, 2.45) is 0 Å². The van der Waals surface area contributed by atoms with Crippen molar-refractivity contribution in [1.29, 1.82) is 0 Å². The normalized spacial score (nSPS) is 19.3. The minimum Gasteiger partial charge on any atom is -0.507 e. The van der Waals surface area contributed by atoms with Crippen molar-refractivity contribution in [3.63, 3.8) is 0 Å². The molecule has 0 aliphatic carbocycles. The number of likely N-dealkylation sites (tertiary alicyclic amines) is 1. The number of hydrogen-bond donors (Lipinski definition) is 1. The molecule has 1 N–H and O–H groups in total. The summed E-state index contributed by atoms with van der Waals surface area (Å²) in [6.07, 6.45) is 0. The van der Waals surface area contributed by atoms with Gasteiger partial charge in [-0.15, -0.1) is 0 Å². The van der Waals surface area contributed by atoms with Crippen LogP contribution in [0.25, 0.3) is 5.76 Å². The predicted octanol–water partition coefficient (Wildman–Crippen LogP) is 5.63. The summed E-state index contributed by atoms with van der Waals surface area (Å²) in [7, 11) is 0. The van der Waals surface area contributed by atoms with Gasteiger partial charge in [0, 0.05) is 31.7 Å². The molecule has 2 aliphatic rings. The first-order valence-electron chi connectivity index (χ1n) is 14.6.